The Morgan fingerprint density at radius 3 is 2.44 bits per heavy atom. The maximum Gasteiger partial charge on any atom is 0.319 e. The summed E-state index contributed by atoms with van der Waals surface area (Å²) >= 11 is 6.09. The van der Waals surface area contributed by atoms with E-state index in [2.05, 4.69) is 0 Å². The number of nitrogens with zero attached hydrogens (tertiary/aromatic N) is 4. The summed E-state index contributed by atoms with van der Waals surface area (Å²) in [4.78, 5) is 15.6. The number of hydrogen-bond donors (Lipinski definition) is 0. The van der Waals surface area contributed by atoms with Crippen molar-refractivity contribution in [3.05, 3.63) is 59.6 Å². The van der Waals surface area contributed by atoms with Crippen LogP contribution in [0, 0.1) is 0 Å². The molecule has 0 spiro atoms. The van der Waals surface area contributed by atoms with Crippen LogP contribution in [0.2, 0.25) is 5.02 Å². The number of ether oxygens (including phenoxy) is 2. The molecule has 0 N–H and O–H groups in total. The molecule has 0 radical (unpaired) electrons. The number of likely N-dealkylation sites (tertiary alicyclic amines) is 1. The molecule has 0 atom stereocenters. The molecule has 0 unspecified atom stereocenters. The van der Waals surface area contributed by atoms with Gasteiger partial charge in [0.1, 0.15) is 17.5 Å². The molecule has 2 amide bonds. The van der Waals surface area contributed by atoms with Crippen molar-refractivity contribution >= 4 is 17.6 Å². The fourth-order valence-corrected chi connectivity index (χ4v) is 3.98. The Kier molecular flexibility index (Phi) is 6.55. The third-order valence-electron chi connectivity index (χ3n) is 5.52. The molecule has 1 aromatic heterocycles. The molecule has 0 bridgehead atoms. The summed E-state index contributed by atoms with van der Waals surface area (Å²) in [7, 11) is 5.19. The highest BCUT2D eigenvalue weighted by molar-refractivity contribution is 6.30. The van der Waals surface area contributed by atoms with Gasteiger partial charge in [0.15, 0.2) is 0 Å². The molecule has 3 aromatic rings. The number of halogens is 1. The van der Waals surface area contributed by atoms with E-state index in [1.54, 1.807) is 26.1 Å². The molecular weight excluding hydrogens is 428 g/mol. The van der Waals surface area contributed by atoms with Gasteiger partial charge in [-0.2, -0.15) is 0 Å². The van der Waals surface area contributed by atoms with Crippen LogP contribution in [0.4, 0.5) is 4.79 Å². The number of carbonyl (C=O) groups is 1. The van der Waals surface area contributed by atoms with Gasteiger partial charge in [-0.3, -0.25) is 0 Å². The minimum absolute atomic E-state index is 0.000277. The maximum atomic E-state index is 12.2. The van der Waals surface area contributed by atoms with Gasteiger partial charge in [0.25, 0.3) is 0 Å². The summed E-state index contributed by atoms with van der Waals surface area (Å²) in [5, 5.41) is 5.43. The molecule has 2 heterocycles. The maximum absolute atomic E-state index is 12.2. The summed E-state index contributed by atoms with van der Waals surface area (Å²) in [6.45, 7) is 1.33. The van der Waals surface area contributed by atoms with Gasteiger partial charge in [0.05, 0.1) is 12.8 Å². The van der Waals surface area contributed by atoms with E-state index in [1.807, 2.05) is 64.2 Å². The van der Waals surface area contributed by atoms with Gasteiger partial charge >= 0.3 is 6.03 Å². The number of amides is 2. The second-order valence-corrected chi connectivity index (χ2v) is 8.38. The molecule has 1 fully saturated rings. The average Bonchev–Trinajstić information content (AvgIpc) is 3.23. The van der Waals surface area contributed by atoms with Crippen molar-refractivity contribution in [1.29, 1.82) is 0 Å². The molecule has 32 heavy (non-hydrogen) atoms. The number of benzene rings is 2. The molecule has 2 aromatic carbocycles. The fraction of sp³-hybridized carbons (Fsp3) is 0.333. The van der Waals surface area contributed by atoms with Gasteiger partial charge in [-0.05, 0) is 24.3 Å². The van der Waals surface area contributed by atoms with E-state index in [0.717, 1.165) is 29.8 Å². The third-order valence-corrected chi connectivity index (χ3v) is 5.77. The zero-order valence-electron chi connectivity index (χ0n) is 18.5. The number of hydrogen-bond acceptors (Lipinski definition) is 4. The summed E-state index contributed by atoms with van der Waals surface area (Å²) in [6.07, 6.45) is 1.52. The van der Waals surface area contributed by atoms with E-state index in [9.17, 15) is 4.79 Å². The highest BCUT2D eigenvalue weighted by Gasteiger charge is 2.26. The number of urea groups is 1. The lowest BCUT2D eigenvalue weighted by molar-refractivity contribution is 0.0980. The van der Waals surface area contributed by atoms with Crippen LogP contribution in [0.25, 0.3) is 16.9 Å². The van der Waals surface area contributed by atoms with Gasteiger partial charge in [0.2, 0.25) is 5.88 Å². The first-order valence-electron chi connectivity index (χ1n) is 10.6. The van der Waals surface area contributed by atoms with Gasteiger partial charge in [-0.25, -0.2) is 9.48 Å². The minimum atomic E-state index is 0.000277. The van der Waals surface area contributed by atoms with Crippen LogP contribution in [-0.2, 0) is 0 Å². The van der Waals surface area contributed by atoms with E-state index in [4.69, 9.17) is 26.2 Å². The molecule has 7 nitrogen and oxygen atoms in total. The van der Waals surface area contributed by atoms with Gasteiger partial charge < -0.3 is 19.3 Å². The van der Waals surface area contributed by atoms with Crippen molar-refractivity contribution < 1.29 is 14.3 Å². The lowest BCUT2D eigenvalue weighted by Gasteiger charge is -2.33. The number of carbonyl (C=O) groups excluding carboxylic acids is 1. The van der Waals surface area contributed by atoms with Crippen molar-refractivity contribution in [3.63, 3.8) is 0 Å². The quantitative estimate of drug-likeness (QED) is 0.559. The van der Waals surface area contributed by atoms with Crippen molar-refractivity contribution in [1.82, 2.24) is 19.6 Å². The van der Waals surface area contributed by atoms with Crippen molar-refractivity contribution in [2.75, 3.05) is 34.3 Å². The summed E-state index contributed by atoms with van der Waals surface area (Å²) in [5.41, 5.74) is 2.66. The molecule has 0 saturated carbocycles. The van der Waals surface area contributed by atoms with E-state index in [0.29, 0.717) is 29.7 Å². The Hall–Kier alpha value is -3.19. The van der Waals surface area contributed by atoms with Crippen LogP contribution in [0.1, 0.15) is 12.8 Å². The van der Waals surface area contributed by atoms with Crippen molar-refractivity contribution in [2.45, 2.75) is 18.9 Å². The lowest BCUT2D eigenvalue weighted by Crippen LogP contribution is -2.46. The van der Waals surface area contributed by atoms with E-state index >= 15 is 0 Å². The molecule has 8 heteroatoms. The minimum Gasteiger partial charge on any atom is -0.494 e. The van der Waals surface area contributed by atoms with E-state index in [-0.39, 0.29) is 12.1 Å². The zero-order chi connectivity index (χ0) is 22.7. The highest BCUT2D eigenvalue weighted by Crippen LogP contribution is 2.32. The molecule has 4 rings (SSSR count). The Balaban J connectivity index is 1.60. The molecule has 1 aliphatic rings. The van der Waals surface area contributed by atoms with E-state index in [1.165, 1.54) is 0 Å². The fourth-order valence-electron chi connectivity index (χ4n) is 3.85. The largest absolute Gasteiger partial charge is 0.494 e. The van der Waals surface area contributed by atoms with Crippen LogP contribution in [0.3, 0.4) is 0 Å². The second kappa shape index (κ2) is 9.53. The molecular formula is C24H27ClN4O3. The number of rotatable bonds is 5. The van der Waals surface area contributed by atoms with Gasteiger partial charge in [-0.1, -0.05) is 35.9 Å². The number of methoxy groups -OCH3 is 1. The number of aromatic nitrogens is 2. The standard InChI is InChI=1S/C24H27ClN4O3/c1-27(2)24(30)28-14-12-19(13-15-28)32-23-16-21(17-8-10-18(25)11-9-17)29(26-23)20-6-4-5-7-22(20)31-3/h4-11,16,19H,12-15H2,1-3H3. The monoisotopic (exact) mass is 454 g/mol. The van der Waals surface area contributed by atoms with E-state index < -0.39 is 0 Å². The SMILES string of the molecule is COc1ccccc1-n1nc(OC2CCN(C(=O)N(C)C)CC2)cc1-c1ccc(Cl)cc1. The second-order valence-electron chi connectivity index (χ2n) is 7.94. The van der Waals surface area contributed by atoms with Crippen LogP contribution in [-0.4, -0.2) is 66.0 Å². The van der Waals surface area contributed by atoms with Crippen LogP contribution < -0.4 is 9.47 Å². The predicted molar refractivity (Wildman–Crippen MR) is 125 cm³/mol. The summed E-state index contributed by atoms with van der Waals surface area (Å²) in [5.74, 6) is 1.26. The first kappa shape index (κ1) is 22.0. The Morgan fingerprint density at radius 2 is 1.78 bits per heavy atom. The van der Waals surface area contributed by atoms with Crippen LogP contribution in [0.5, 0.6) is 11.6 Å². The molecule has 1 aliphatic heterocycles. The normalized spacial score (nSPS) is 14.3. The van der Waals surface area contributed by atoms with Gasteiger partial charge in [-0.15, -0.1) is 5.10 Å². The molecule has 168 valence electrons. The summed E-state index contributed by atoms with van der Waals surface area (Å²) in [6, 6.07) is 17.3. The predicted octanol–water partition coefficient (Wildman–Crippen LogP) is 4.73. The average molecular weight is 455 g/mol. The van der Waals surface area contributed by atoms with Crippen LogP contribution in [0.15, 0.2) is 54.6 Å². The Morgan fingerprint density at radius 1 is 1.09 bits per heavy atom. The number of piperidine rings is 1. The Labute approximate surface area is 193 Å². The van der Waals surface area contributed by atoms with Gasteiger partial charge in [0, 0.05) is 56.7 Å². The van der Waals surface area contributed by atoms with Crippen LogP contribution >= 0.6 is 11.6 Å². The first-order chi connectivity index (χ1) is 15.5. The lowest BCUT2D eigenvalue weighted by atomic mass is 10.1. The molecule has 0 aliphatic carbocycles. The zero-order valence-corrected chi connectivity index (χ0v) is 19.2. The smallest absolute Gasteiger partial charge is 0.319 e. The third kappa shape index (κ3) is 4.67. The van der Waals surface area contributed by atoms with Crippen molar-refractivity contribution in [2.24, 2.45) is 0 Å². The topological polar surface area (TPSA) is 59.8 Å². The highest BCUT2D eigenvalue weighted by atomic mass is 35.5. The Bertz CT molecular complexity index is 1070. The molecule has 1 saturated heterocycles. The van der Waals surface area contributed by atoms with Crippen molar-refractivity contribution in [3.8, 4) is 28.6 Å². The number of para-hydroxylation sites is 2. The first-order valence-corrected chi connectivity index (χ1v) is 11.0. The summed E-state index contributed by atoms with van der Waals surface area (Å²) < 4.78 is 13.6.